The van der Waals surface area contributed by atoms with Crippen molar-refractivity contribution in [3.05, 3.63) is 52.7 Å². The van der Waals surface area contributed by atoms with Gasteiger partial charge in [-0.2, -0.15) is 0 Å². The molecule has 0 N–H and O–H groups in total. The number of carbonyl (C=O) groups excluding carboxylic acids is 1. The molecule has 0 spiro atoms. The summed E-state index contributed by atoms with van der Waals surface area (Å²) in [6, 6.07) is 7.70. The summed E-state index contributed by atoms with van der Waals surface area (Å²) >= 11 is 6.02. The minimum Gasteiger partial charge on any atom is -0.456 e. The van der Waals surface area contributed by atoms with E-state index in [1.165, 1.54) is 18.3 Å². The maximum atomic E-state index is 12.8. The molecule has 0 aliphatic carbocycles. The molecule has 0 saturated carbocycles. The van der Waals surface area contributed by atoms with Crippen molar-refractivity contribution in [2.45, 2.75) is 43.3 Å². The number of benzene rings is 1. The lowest BCUT2D eigenvalue weighted by molar-refractivity contribution is -0.156. The summed E-state index contributed by atoms with van der Waals surface area (Å²) in [7, 11) is -3.35. The topological polar surface area (TPSA) is 82.6 Å². The van der Waals surface area contributed by atoms with Gasteiger partial charge in [0.25, 0.3) is 0 Å². The summed E-state index contributed by atoms with van der Waals surface area (Å²) in [4.78, 5) is 17.1. The van der Waals surface area contributed by atoms with E-state index in [-0.39, 0.29) is 17.2 Å². The number of cyclic esters (lactones) is 1. The van der Waals surface area contributed by atoms with Crippen LogP contribution in [0.15, 0.2) is 41.4 Å². The van der Waals surface area contributed by atoms with E-state index in [0.717, 1.165) is 11.8 Å². The van der Waals surface area contributed by atoms with E-state index in [4.69, 9.17) is 21.1 Å². The van der Waals surface area contributed by atoms with Crippen molar-refractivity contribution >= 4 is 27.4 Å². The lowest BCUT2D eigenvalue weighted by Crippen LogP contribution is -2.38. The van der Waals surface area contributed by atoms with Crippen LogP contribution in [0.2, 0.25) is 5.02 Å². The van der Waals surface area contributed by atoms with Crippen LogP contribution in [-0.2, 0) is 25.0 Å². The molecular formula is C19H20ClNO5S. The predicted octanol–water partition coefficient (Wildman–Crippen LogP) is 3.45. The fraction of sp³-hybridized carbons (Fsp3) is 0.368. The highest BCUT2D eigenvalue weighted by Crippen LogP contribution is 2.44. The van der Waals surface area contributed by atoms with Gasteiger partial charge >= 0.3 is 5.97 Å². The molecule has 1 saturated heterocycles. The first-order valence-electron chi connectivity index (χ1n) is 8.28. The molecule has 0 radical (unpaired) electrons. The van der Waals surface area contributed by atoms with Gasteiger partial charge in [-0.25, -0.2) is 18.2 Å². The van der Waals surface area contributed by atoms with Crippen molar-refractivity contribution in [1.29, 1.82) is 0 Å². The van der Waals surface area contributed by atoms with Crippen molar-refractivity contribution in [2.75, 3.05) is 6.26 Å². The zero-order chi connectivity index (χ0) is 20.0. The number of rotatable bonds is 4. The lowest BCUT2D eigenvalue weighted by Gasteiger charge is -2.27. The van der Waals surface area contributed by atoms with Crippen LogP contribution in [-0.4, -0.2) is 31.2 Å². The molecule has 27 heavy (non-hydrogen) atoms. The molecular weight excluding hydrogens is 390 g/mol. The van der Waals surface area contributed by atoms with Crippen LogP contribution >= 0.6 is 11.6 Å². The molecule has 1 aromatic carbocycles. The van der Waals surface area contributed by atoms with E-state index in [1.54, 1.807) is 39.0 Å². The highest BCUT2D eigenvalue weighted by molar-refractivity contribution is 7.90. The van der Waals surface area contributed by atoms with Gasteiger partial charge in [0, 0.05) is 30.5 Å². The number of hydrogen-bond donors (Lipinski definition) is 0. The van der Waals surface area contributed by atoms with Gasteiger partial charge in [-0.15, -0.1) is 0 Å². The Kier molecular flexibility index (Phi) is 4.72. The third kappa shape index (κ3) is 3.80. The fourth-order valence-corrected chi connectivity index (χ4v) is 3.85. The molecule has 6 nitrogen and oxygen atoms in total. The van der Waals surface area contributed by atoms with Gasteiger partial charge in [-0.3, -0.25) is 0 Å². The van der Waals surface area contributed by atoms with E-state index in [2.05, 4.69) is 4.98 Å². The van der Waals surface area contributed by atoms with Gasteiger partial charge in [-0.05, 0) is 38.5 Å². The summed E-state index contributed by atoms with van der Waals surface area (Å²) in [5.41, 5.74) is -0.907. The fourth-order valence-electron chi connectivity index (χ4n) is 3.12. The molecule has 1 atom stereocenters. The Morgan fingerprint density at radius 2 is 1.85 bits per heavy atom. The maximum Gasteiger partial charge on any atom is 0.356 e. The number of aromatic nitrogens is 1. The van der Waals surface area contributed by atoms with E-state index >= 15 is 0 Å². The highest BCUT2D eigenvalue weighted by Gasteiger charge is 2.56. The summed E-state index contributed by atoms with van der Waals surface area (Å²) in [5.74, 6) is -0.312. The molecule has 144 valence electrons. The van der Waals surface area contributed by atoms with Crippen LogP contribution in [0.25, 0.3) is 0 Å². The summed E-state index contributed by atoms with van der Waals surface area (Å²) in [5, 5.41) is 0.489. The van der Waals surface area contributed by atoms with E-state index in [0.29, 0.717) is 10.6 Å². The molecule has 1 aliphatic rings. The molecule has 1 aromatic heterocycles. The summed E-state index contributed by atoms with van der Waals surface area (Å²) < 4.78 is 35.0. The van der Waals surface area contributed by atoms with Crippen molar-refractivity contribution in [2.24, 2.45) is 0 Å². The monoisotopic (exact) mass is 409 g/mol. The van der Waals surface area contributed by atoms with Crippen molar-refractivity contribution < 1.29 is 22.7 Å². The Labute approximate surface area is 163 Å². The number of hydrogen-bond acceptors (Lipinski definition) is 6. The second kappa shape index (κ2) is 6.49. The molecule has 1 aliphatic heterocycles. The molecule has 3 rings (SSSR count). The van der Waals surface area contributed by atoms with Crippen LogP contribution in [0.3, 0.4) is 0 Å². The molecule has 2 heterocycles. The first-order valence-corrected chi connectivity index (χ1v) is 10.6. The van der Waals surface area contributed by atoms with Crippen LogP contribution in [0.1, 0.15) is 31.4 Å². The van der Waals surface area contributed by atoms with Gasteiger partial charge < -0.3 is 9.47 Å². The maximum absolute atomic E-state index is 12.8. The van der Waals surface area contributed by atoms with Gasteiger partial charge in [0.15, 0.2) is 9.84 Å². The van der Waals surface area contributed by atoms with Crippen molar-refractivity contribution in [3.63, 3.8) is 0 Å². The SMILES string of the molecule is Cc1cc(OC2(c3ccc(S(C)(=O)=O)cc3)CC(C)(C)OC2=O)ncc1Cl. The second-order valence-corrected chi connectivity index (χ2v) is 9.75. The van der Waals surface area contributed by atoms with E-state index in [9.17, 15) is 13.2 Å². The van der Waals surface area contributed by atoms with Gasteiger partial charge in [0.05, 0.1) is 9.92 Å². The third-order valence-electron chi connectivity index (χ3n) is 4.42. The number of aryl methyl sites for hydroxylation is 1. The van der Waals surface area contributed by atoms with Crippen LogP contribution in [0.4, 0.5) is 0 Å². The minimum atomic E-state index is -3.35. The number of ether oxygens (including phenoxy) is 2. The third-order valence-corrected chi connectivity index (χ3v) is 5.95. The zero-order valence-electron chi connectivity index (χ0n) is 15.4. The molecule has 1 fully saturated rings. The Balaban J connectivity index is 2.09. The van der Waals surface area contributed by atoms with Gasteiger partial charge in [-0.1, -0.05) is 23.7 Å². The average Bonchev–Trinajstić information content (AvgIpc) is 2.79. The van der Waals surface area contributed by atoms with Crippen LogP contribution < -0.4 is 4.74 Å². The molecule has 2 aromatic rings. The van der Waals surface area contributed by atoms with Crippen molar-refractivity contribution in [1.82, 2.24) is 4.98 Å². The second-order valence-electron chi connectivity index (χ2n) is 7.32. The first-order chi connectivity index (χ1) is 12.4. The molecule has 0 amide bonds. The summed E-state index contributed by atoms with van der Waals surface area (Å²) in [6.07, 6.45) is 2.83. The Morgan fingerprint density at radius 1 is 1.22 bits per heavy atom. The molecule has 1 unspecified atom stereocenters. The van der Waals surface area contributed by atoms with Gasteiger partial charge in [0.1, 0.15) is 5.60 Å². The minimum absolute atomic E-state index is 0.160. The molecule has 8 heteroatoms. The summed E-state index contributed by atoms with van der Waals surface area (Å²) in [6.45, 7) is 5.39. The Morgan fingerprint density at radius 3 is 2.33 bits per heavy atom. The number of carbonyl (C=O) groups is 1. The Hall–Kier alpha value is -2.12. The average molecular weight is 410 g/mol. The van der Waals surface area contributed by atoms with E-state index in [1.807, 2.05) is 0 Å². The highest BCUT2D eigenvalue weighted by atomic mass is 35.5. The number of pyridine rings is 1. The smallest absolute Gasteiger partial charge is 0.356 e. The zero-order valence-corrected chi connectivity index (χ0v) is 17.0. The van der Waals surface area contributed by atoms with Crippen molar-refractivity contribution in [3.8, 4) is 5.88 Å². The normalized spacial score (nSPS) is 21.7. The van der Waals surface area contributed by atoms with Gasteiger partial charge in [0.2, 0.25) is 11.5 Å². The number of halogens is 1. The van der Waals surface area contributed by atoms with Crippen LogP contribution in [0.5, 0.6) is 5.88 Å². The predicted molar refractivity (Wildman–Crippen MR) is 101 cm³/mol. The number of sulfone groups is 1. The molecule has 0 bridgehead atoms. The van der Waals surface area contributed by atoms with E-state index < -0.39 is 27.0 Å². The number of esters is 1. The van der Waals surface area contributed by atoms with Crippen LogP contribution in [0, 0.1) is 6.92 Å². The Bertz CT molecular complexity index is 1000. The number of nitrogens with zero attached hydrogens (tertiary/aromatic N) is 1. The first kappa shape index (κ1) is 19.6. The lowest BCUT2D eigenvalue weighted by atomic mass is 9.86. The quantitative estimate of drug-likeness (QED) is 0.719. The standard InChI is InChI=1S/C19H20ClNO5S/c1-12-9-16(21-10-15(12)20)25-19(11-18(2,3)26-17(19)22)13-5-7-14(8-6-13)27(4,23)24/h5-10H,11H2,1-4H3. The largest absolute Gasteiger partial charge is 0.456 e.